The Morgan fingerprint density at radius 1 is 1.44 bits per heavy atom. The van der Waals surface area contributed by atoms with Crippen LogP contribution in [0.5, 0.6) is 5.75 Å². The molecule has 1 aliphatic heterocycles. The fourth-order valence-corrected chi connectivity index (χ4v) is 2.38. The van der Waals surface area contributed by atoms with Crippen molar-refractivity contribution >= 4 is 5.97 Å². The Morgan fingerprint density at radius 3 is 2.89 bits per heavy atom. The zero-order valence-corrected chi connectivity index (χ0v) is 9.97. The number of aromatic hydroxyl groups is 1. The minimum Gasteiger partial charge on any atom is -0.508 e. The predicted octanol–water partition coefficient (Wildman–Crippen LogP) is 1.83. The van der Waals surface area contributed by atoms with E-state index < -0.39 is 11.8 Å². The smallest absolute Gasteiger partial charge is 0.307 e. The molecule has 2 N–H and O–H groups in total. The standard InChI is InChI=1S/C13H16FNO3/c14-11-4-9(5-12(16)6-11)7-15-3-1-2-10(8-15)13(17)18/h4-6,10,16H,1-3,7-8H2,(H,17,18). The topological polar surface area (TPSA) is 60.8 Å². The number of carbonyl (C=O) groups is 1. The summed E-state index contributed by atoms with van der Waals surface area (Å²) in [5.74, 6) is -1.70. The lowest BCUT2D eigenvalue weighted by molar-refractivity contribution is -0.143. The third-order valence-electron chi connectivity index (χ3n) is 3.20. The van der Waals surface area contributed by atoms with Crippen LogP contribution in [0.1, 0.15) is 18.4 Å². The highest BCUT2D eigenvalue weighted by Crippen LogP contribution is 2.21. The molecule has 5 heteroatoms. The van der Waals surface area contributed by atoms with E-state index in [9.17, 15) is 14.3 Å². The number of halogens is 1. The number of benzene rings is 1. The number of hydrogen-bond donors (Lipinski definition) is 2. The summed E-state index contributed by atoms with van der Waals surface area (Å²) in [6.07, 6.45) is 1.53. The molecule has 0 saturated carbocycles. The number of phenolic OH excluding ortho intramolecular Hbond substituents is 1. The highest BCUT2D eigenvalue weighted by Gasteiger charge is 2.25. The Hall–Kier alpha value is -1.62. The lowest BCUT2D eigenvalue weighted by Crippen LogP contribution is -2.38. The first-order valence-corrected chi connectivity index (χ1v) is 5.98. The van der Waals surface area contributed by atoms with Gasteiger partial charge in [0.05, 0.1) is 5.92 Å². The zero-order chi connectivity index (χ0) is 13.1. The normalized spacial score (nSPS) is 20.8. The molecule has 1 aromatic carbocycles. The summed E-state index contributed by atoms with van der Waals surface area (Å²) in [6.45, 7) is 1.75. The fraction of sp³-hybridized carbons (Fsp3) is 0.462. The largest absolute Gasteiger partial charge is 0.508 e. The van der Waals surface area contributed by atoms with Crippen LogP contribution in [-0.2, 0) is 11.3 Å². The molecule has 0 spiro atoms. The molecule has 98 valence electrons. The van der Waals surface area contributed by atoms with Gasteiger partial charge in [0.1, 0.15) is 11.6 Å². The van der Waals surface area contributed by atoms with Gasteiger partial charge >= 0.3 is 5.97 Å². The van der Waals surface area contributed by atoms with Crippen LogP contribution in [0.15, 0.2) is 18.2 Å². The van der Waals surface area contributed by atoms with Crippen LogP contribution in [0, 0.1) is 11.7 Å². The number of likely N-dealkylation sites (tertiary alicyclic amines) is 1. The lowest BCUT2D eigenvalue weighted by Gasteiger charge is -2.30. The number of aliphatic carboxylic acids is 1. The Kier molecular flexibility index (Phi) is 3.81. The Balaban J connectivity index is 2.02. The summed E-state index contributed by atoms with van der Waals surface area (Å²) in [5, 5.41) is 18.3. The first kappa shape index (κ1) is 12.8. The molecule has 1 heterocycles. The highest BCUT2D eigenvalue weighted by atomic mass is 19.1. The number of piperidine rings is 1. The van der Waals surface area contributed by atoms with Gasteiger partial charge in [-0.3, -0.25) is 9.69 Å². The summed E-state index contributed by atoms with van der Waals surface area (Å²) >= 11 is 0. The molecular weight excluding hydrogens is 237 g/mol. The Bertz CT molecular complexity index is 430. The lowest BCUT2D eigenvalue weighted by atomic mass is 9.98. The third-order valence-corrected chi connectivity index (χ3v) is 3.20. The molecule has 1 saturated heterocycles. The van der Waals surface area contributed by atoms with Crippen LogP contribution in [0.4, 0.5) is 4.39 Å². The van der Waals surface area contributed by atoms with Crippen LogP contribution >= 0.6 is 0 Å². The van der Waals surface area contributed by atoms with Crippen molar-refractivity contribution in [1.82, 2.24) is 4.90 Å². The Morgan fingerprint density at radius 2 is 2.22 bits per heavy atom. The number of phenols is 1. The van der Waals surface area contributed by atoms with Gasteiger partial charge in [0.15, 0.2) is 0 Å². The van der Waals surface area contributed by atoms with E-state index in [-0.39, 0.29) is 11.7 Å². The maximum atomic E-state index is 13.1. The van der Waals surface area contributed by atoms with Crippen LogP contribution < -0.4 is 0 Å². The van der Waals surface area contributed by atoms with E-state index in [0.717, 1.165) is 19.0 Å². The van der Waals surface area contributed by atoms with Crippen LogP contribution in [0.25, 0.3) is 0 Å². The zero-order valence-electron chi connectivity index (χ0n) is 9.97. The molecule has 1 fully saturated rings. The van der Waals surface area contributed by atoms with E-state index >= 15 is 0 Å². The van der Waals surface area contributed by atoms with Crippen molar-refractivity contribution in [2.24, 2.45) is 5.92 Å². The molecule has 1 aromatic rings. The molecule has 4 nitrogen and oxygen atoms in total. The van der Waals surface area contributed by atoms with E-state index in [0.29, 0.717) is 25.1 Å². The quantitative estimate of drug-likeness (QED) is 0.862. The van der Waals surface area contributed by atoms with Gasteiger partial charge in [0.2, 0.25) is 0 Å². The molecule has 18 heavy (non-hydrogen) atoms. The number of carboxylic acids is 1. The van der Waals surface area contributed by atoms with Crippen molar-refractivity contribution in [3.8, 4) is 5.75 Å². The van der Waals surface area contributed by atoms with Crippen molar-refractivity contribution in [3.63, 3.8) is 0 Å². The van der Waals surface area contributed by atoms with Gasteiger partial charge in [0, 0.05) is 19.2 Å². The molecular formula is C13H16FNO3. The van der Waals surface area contributed by atoms with Crippen LogP contribution in [-0.4, -0.2) is 34.2 Å². The second-order valence-electron chi connectivity index (χ2n) is 4.73. The van der Waals surface area contributed by atoms with Gasteiger partial charge in [-0.1, -0.05) is 0 Å². The predicted molar refractivity (Wildman–Crippen MR) is 63.7 cm³/mol. The minimum absolute atomic E-state index is 0.100. The van der Waals surface area contributed by atoms with Crippen molar-refractivity contribution in [3.05, 3.63) is 29.6 Å². The van der Waals surface area contributed by atoms with Gasteiger partial charge in [-0.25, -0.2) is 4.39 Å². The number of nitrogens with zero attached hydrogens (tertiary/aromatic N) is 1. The molecule has 0 aliphatic carbocycles. The van der Waals surface area contributed by atoms with E-state index in [1.165, 1.54) is 12.1 Å². The molecule has 1 aliphatic rings. The third kappa shape index (κ3) is 3.20. The summed E-state index contributed by atoms with van der Waals surface area (Å²) in [7, 11) is 0. The van der Waals surface area contributed by atoms with E-state index in [4.69, 9.17) is 5.11 Å². The van der Waals surface area contributed by atoms with Crippen LogP contribution in [0.3, 0.4) is 0 Å². The van der Waals surface area contributed by atoms with E-state index in [2.05, 4.69) is 0 Å². The maximum absolute atomic E-state index is 13.1. The van der Waals surface area contributed by atoms with E-state index in [1.54, 1.807) is 0 Å². The van der Waals surface area contributed by atoms with Gasteiger partial charge < -0.3 is 10.2 Å². The van der Waals surface area contributed by atoms with Crippen molar-refractivity contribution < 1.29 is 19.4 Å². The summed E-state index contributed by atoms with van der Waals surface area (Å²) in [5.41, 5.74) is 0.665. The first-order chi connectivity index (χ1) is 8.54. The average molecular weight is 253 g/mol. The molecule has 0 radical (unpaired) electrons. The first-order valence-electron chi connectivity index (χ1n) is 5.98. The van der Waals surface area contributed by atoms with Crippen molar-refractivity contribution in [1.29, 1.82) is 0 Å². The molecule has 1 unspecified atom stereocenters. The SMILES string of the molecule is O=C(O)C1CCCN(Cc2cc(O)cc(F)c2)C1. The summed E-state index contributed by atoms with van der Waals surface area (Å²) < 4.78 is 13.1. The van der Waals surface area contributed by atoms with Crippen molar-refractivity contribution in [2.75, 3.05) is 13.1 Å². The minimum atomic E-state index is -0.776. The van der Waals surface area contributed by atoms with Gasteiger partial charge in [0.25, 0.3) is 0 Å². The number of hydrogen-bond acceptors (Lipinski definition) is 3. The summed E-state index contributed by atoms with van der Waals surface area (Å²) in [4.78, 5) is 12.9. The average Bonchev–Trinajstić information content (AvgIpc) is 2.27. The number of rotatable bonds is 3. The molecule has 0 amide bonds. The number of carboxylic acid groups (broad SMARTS) is 1. The highest BCUT2D eigenvalue weighted by molar-refractivity contribution is 5.70. The molecule has 1 atom stereocenters. The fourth-order valence-electron chi connectivity index (χ4n) is 2.38. The second-order valence-corrected chi connectivity index (χ2v) is 4.73. The van der Waals surface area contributed by atoms with Gasteiger partial charge in [-0.2, -0.15) is 0 Å². The maximum Gasteiger partial charge on any atom is 0.307 e. The van der Waals surface area contributed by atoms with Gasteiger partial charge in [-0.05, 0) is 37.1 Å². The molecule has 2 rings (SSSR count). The molecule has 0 bridgehead atoms. The monoisotopic (exact) mass is 253 g/mol. The van der Waals surface area contributed by atoms with E-state index in [1.807, 2.05) is 4.90 Å². The summed E-state index contributed by atoms with van der Waals surface area (Å²) in [6, 6.07) is 3.93. The van der Waals surface area contributed by atoms with Crippen molar-refractivity contribution in [2.45, 2.75) is 19.4 Å². The molecule has 0 aromatic heterocycles. The van der Waals surface area contributed by atoms with Crippen LogP contribution in [0.2, 0.25) is 0 Å². The second kappa shape index (κ2) is 5.35. The Labute approximate surface area is 105 Å². The van der Waals surface area contributed by atoms with Gasteiger partial charge in [-0.15, -0.1) is 0 Å².